The molecule has 0 bridgehead atoms. The van der Waals surface area contributed by atoms with Crippen LogP contribution in [0.5, 0.6) is 0 Å². The highest BCUT2D eigenvalue weighted by atomic mass is 35.5. The van der Waals surface area contributed by atoms with Gasteiger partial charge in [-0.25, -0.2) is 0 Å². The number of aromatic amines is 1. The van der Waals surface area contributed by atoms with Crippen molar-refractivity contribution in [1.82, 2.24) is 10.2 Å². The molecule has 0 saturated carbocycles. The molecule has 0 spiro atoms. The van der Waals surface area contributed by atoms with E-state index in [1.807, 2.05) is 0 Å². The molecule has 0 aliphatic rings. The molecule has 0 radical (unpaired) electrons. The van der Waals surface area contributed by atoms with Gasteiger partial charge in [-0.2, -0.15) is 18.3 Å². The van der Waals surface area contributed by atoms with Crippen molar-refractivity contribution in [2.75, 3.05) is 0 Å². The third kappa shape index (κ3) is 2.04. The van der Waals surface area contributed by atoms with Gasteiger partial charge in [0.2, 0.25) is 0 Å². The minimum atomic E-state index is -4.45. The average Bonchev–Trinajstić information content (AvgIpc) is 2.69. The van der Waals surface area contributed by atoms with Crippen molar-refractivity contribution in [2.45, 2.75) is 6.18 Å². The quantitative estimate of drug-likeness (QED) is 0.816. The molecule has 0 aliphatic heterocycles. The van der Waals surface area contributed by atoms with E-state index in [2.05, 4.69) is 10.2 Å². The van der Waals surface area contributed by atoms with E-state index in [1.54, 1.807) is 6.07 Å². The van der Waals surface area contributed by atoms with Crippen molar-refractivity contribution in [3.63, 3.8) is 0 Å². The van der Waals surface area contributed by atoms with Crippen molar-refractivity contribution in [2.24, 2.45) is 0 Å². The predicted octanol–water partition coefficient (Wildman–Crippen LogP) is 3.75. The number of aromatic nitrogens is 2. The van der Waals surface area contributed by atoms with Gasteiger partial charge in [0.25, 0.3) is 0 Å². The largest absolute Gasteiger partial charge is 0.417 e. The third-order valence-electron chi connectivity index (χ3n) is 2.08. The zero-order valence-electron chi connectivity index (χ0n) is 7.85. The van der Waals surface area contributed by atoms with Crippen LogP contribution in [0.1, 0.15) is 5.56 Å². The molecular weight excluding hydrogens is 241 g/mol. The van der Waals surface area contributed by atoms with Gasteiger partial charge in [0.15, 0.2) is 0 Å². The summed E-state index contributed by atoms with van der Waals surface area (Å²) in [6.45, 7) is 0. The number of nitrogens with zero attached hydrogens (tertiary/aromatic N) is 1. The number of halogens is 4. The number of H-pyrrole nitrogens is 1. The van der Waals surface area contributed by atoms with Gasteiger partial charge in [0, 0.05) is 11.8 Å². The van der Waals surface area contributed by atoms with Gasteiger partial charge in [-0.15, -0.1) is 0 Å². The second kappa shape index (κ2) is 3.83. The SMILES string of the molecule is FC(F)(F)c1cc(-c2ccn[nH]2)ccc1Cl. The summed E-state index contributed by atoms with van der Waals surface area (Å²) in [4.78, 5) is 0. The molecule has 1 aromatic carbocycles. The van der Waals surface area contributed by atoms with E-state index < -0.39 is 11.7 Å². The Bertz CT molecular complexity index is 491. The zero-order chi connectivity index (χ0) is 11.8. The van der Waals surface area contributed by atoms with E-state index in [4.69, 9.17) is 11.6 Å². The van der Waals surface area contributed by atoms with Gasteiger partial charge >= 0.3 is 6.18 Å². The lowest BCUT2D eigenvalue weighted by atomic mass is 10.1. The molecule has 0 unspecified atom stereocenters. The lowest BCUT2D eigenvalue weighted by Gasteiger charge is -2.10. The molecule has 1 heterocycles. The molecule has 1 N–H and O–H groups in total. The van der Waals surface area contributed by atoms with E-state index in [9.17, 15) is 13.2 Å². The van der Waals surface area contributed by atoms with Gasteiger partial charge in [0.05, 0.1) is 16.3 Å². The molecule has 0 fully saturated rings. The highest BCUT2D eigenvalue weighted by Gasteiger charge is 2.33. The summed E-state index contributed by atoms with van der Waals surface area (Å²) in [5.41, 5.74) is 0.0673. The molecule has 0 aliphatic carbocycles. The summed E-state index contributed by atoms with van der Waals surface area (Å²) in [6, 6.07) is 5.31. The van der Waals surface area contributed by atoms with Crippen LogP contribution in [0, 0.1) is 0 Å². The fraction of sp³-hybridized carbons (Fsp3) is 0.100. The lowest BCUT2D eigenvalue weighted by Crippen LogP contribution is -2.05. The van der Waals surface area contributed by atoms with Crippen molar-refractivity contribution >= 4 is 11.6 Å². The van der Waals surface area contributed by atoms with Crippen LogP contribution >= 0.6 is 11.6 Å². The summed E-state index contributed by atoms with van der Waals surface area (Å²) < 4.78 is 37.7. The second-order valence-corrected chi connectivity index (χ2v) is 3.57. The first-order chi connectivity index (χ1) is 7.48. The Morgan fingerprint density at radius 3 is 2.50 bits per heavy atom. The normalized spacial score (nSPS) is 11.8. The van der Waals surface area contributed by atoms with Crippen molar-refractivity contribution in [3.05, 3.63) is 41.0 Å². The van der Waals surface area contributed by atoms with Gasteiger partial charge in [0.1, 0.15) is 0 Å². The molecule has 1 aromatic heterocycles. The van der Waals surface area contributed by atoms with E-state index >= 15 is 0 Å². The third-order valence-corrected chi connectivity index (χ3v) is 2.41. The Balaban J connectivity index is 2.52. The zero-order valence-corrected chi connectivity index (χ0v) is 8.60. The van der Waals surface area contributed by atoms with Gasteiger partial charge in [-0.05, 0) is 18.2 Å². The van der Waals surface area contributed by atoms with Crippen LogP contribution in [-0.4, -0.2) is 10.2 Å². The lowest BCUT2D eigenvalue weighted by molar-refractivity contribution is -0.137. The van der Waals surface area contributed by atoms with Crippen LogP contribution < -0.4 is 0 Å². The fourth-order valence-electron chi connectivity index (χ4n) is 1.33. The van der Waals surface area contributed by atoms with Crippen molar-refractivity contribution < 1.29 is 13.2 Å². The standard InChI is InChI=1S/C10H6ClF3N2/c11-8-2-1-6(9-3-4-15-16-9)5-7(8)10(12,13)14/h1-5H,(H,15,16). The molecule has 0 amide bonds. The van der Waals surface area contributed by atoms with Gasteiger partial charge in [-0.3, -0.25) is 5.10 Å². The molecule has 0 atom stereocenters. The summed E-state index contributed by atoms with van der Waals surface area (Å²) in [5.74, 6) is 0. The Morgan fingerprint density at radius 1 is 1.19 bits per heavy atom. The van der Waals surface area contributed by atoms with Crippen LogP contribution in [0.2, 0.25) is 5.02 Å². The number of benzene rings is 1. The number of hydrogen-bond acceptors (Lipinski definition) is 1. The summed E-state index contributed by atoms with van der Waals surface area (Å²) >= 11 is 5.50. The van der Waals surface area contributed by atoms with Crippen LogP contribution in [0.25, 0.3) is 11.3 Å². The number of rotatable bonds is 1. The fourth-order valence-corrected chi connectivity index (χ4v) is 1.55. The first-order valence-electron chi connectivity index (χ1n) is 4.35. The van der Waals surface area contributed by atoms with E-state index in [-0.39, 0.29) is 5.02 Å². The van der Waals surface area contributed by atoms with E-state index in [1.165, 1.54) is 18.3 Å². The number of hydrogen-bond donors (Lipinski definition) is 1. The first-order valence-corrected chi connectivity index (χ1v) is 4.73. The molecule has 84 valence electrons. The Hall–Kier alpha value is -1.49. The highest BCUT2D eigenvalue weighted by Crippen LogP contribution is 2.36. The molecule has 2 aromatic rings. The maximum Gasteiger partial charge on any atom is 0.417 e. The Kier molecular flexibility index (Phi) is 2.63. The average molecular weight is 247 g/mol. The molecule has 2 rings (SSSR count). The molecule has 2 nitrogen and oxygen atoms in total. The Labute approximate surface area is 94.1 Å². The smallest absolute Gasteiger partial charge is 0.278 e. The molecule has 6 heteroatoms. The summed E-state index contributed by atoms with van der Waals surface area (Å²) in [5, 5.41) is 5.96. The highest BCUT2D eigenvalue weighted by molar-refractivity contribution is 6.31. The molecule has 0 saturated heterocycles. The van der Waals surface area contributed by atoms with Crippen LogP contribution in [0.15, 0.2) is 30.5 Å². The van der Waals surface area contributed by atoms with E-state index in [0.29, 0.717) is 11.3 Å². The Morgan fingerprint density at radius 2 is 1.94 bits per heavy atom. The summed E-state index contributed by atoms with van der Waals surface area (Å²) in [6.07, 6.45) is -2.98. The summed E-state index contributed by atoms with van der Waals surface area (Å²) in [7, 11) is 0. The van der Waals surface area contributed by atoms with Crippen LogP contribution in [0.3, 0.4) is 0 Å². The monoisotopic (exact) mass is 246 g/mol. The second-order valence-electron chi connectivity index (χ2n) is 3.16. The maximum absolute atomic E-state index is 12.6. The molecule has 16 heavy (non-hydrogen) atoms. The predicted molar refractivity (Wildman–Crippen MR) is 54.0 cm³/mol. The van der Waals surface area contributed by atoms with Crippen LogP contribution in [0.4, 0.5) is 13.2 Å². The minimum absolute atomic E-state index is 0.309. The number of nitrogens with one attached hydrogen (secondary N) is 1. The maximum atomic E-state index is 12.6. The van der Waals surface area contributed by atoms with Crippen molar-refractivity contribution in [3.8, 4) is 11.3 Å². The van der Waals surface area contributed by atoms with Crippen LogP contribution in [-0.2, 0) is 6.18 Å². The van der Waals surface area contributed by atoms with Gasteiger partial charge < -0.3 is 0 Å². The van der Waals surface area contributed by atoms with Crippen molar-refractivity contribution in [1.29, 1.82) is 0 Å². The molecular formula is C10H6ClF3N2. The minimum Gasteiger partial charge on any atom is -0.278 e. The first kappa shape index (κ1) is 11.0. The van der Waals surface area contributed by atoms with E-state index in [0.717, 1.165) is 6.07 Å². The van der Waals surface area contributed by atoms with Gasteiger partial charge in [-0.1, -0.05) is 17.7 Å². The topological polar surface area (TPSA) is 28.7 Å². The number of alkyl halides is 3.